The molecule has 25 heavy (non-hydrogen) atoms. The van der Waals surface area contributed by atoms with E-state index in [0.717, 1.165) is 25.9 Å². The molecule has 1 aliphatic rings. The maximum atomic E-state index is 12.6. The Labute approximate surface area is 146 Å². The maximum Gasteiger partial charge on any atom is 0.319 e. The van der Waals surface area contributed by atoms with Gasteiger partial charge in [0.25, 0.3) is 0 Å². The van der Waals surface area contributed by atoms with Crippen LogP contribution in [0.2, 0.25) is 0 Å². The Morgan fingerprint density at radius 3 is 3.04 bits per heavy atom. The molecule has 2 heterocycles. The fourth-order valence-electron chi connectivity index (χ4n) is 3.34. The van der Waals surface area contributed by atoms with Gasteiger partial charge in [-0.05, 0) is 44.1 Å². The molecule has 1 aliphatic heterocycles. The number of anilines is 1. The minimum absolute atomic E-state index is 0.219. The van der Waals surface area contributed by atoms with Gasteiger partial charge in [0.1, 0.15) is 11.4 Å². The number of nitrogens with zero attached hydrogens (tertiary/aromatic N) is 1. The lowest BCUT2D eigenvalue weighted by molar-refractivity contribution is 0.238. The third kappa shape index (κ3) is 3.76. The van der Waals surface area contributed by atoms with E-state index in [2.05, 4.69) is 27.4 Å². The largest absolute Gasteiger partial charge is 0.497 e. The number of nitrogens with one attached hydrogen (secondary N) is 3. The molecule has 0 radical (unpaired) electrons. The van der Waals surface area contributed by atoms with Crippen molar-refractivity contribution in [1.29, 1.82) is 0 Å². The van der Waals surface area contributed by atoms with Gasteiger partial charge in [-0.25, -0.2) is 4.79 Å². The van der Waals surface area contributed by atoms with E-state index in [-0.39, 0.29) is 17.1 Å². The number of aromatic amines is 1. The van der Waals surface area contributed by atoms with Crippen LogP contribution < -0.4 is 20.8 Å². The lowest BCUT2D eigenvalue weighted by atomic mass is 10.2. The molecule has 0 bridgehead atoms. The van der Waals surface area contributed by atoms with Gasteiger partial charge in [0, 0.05) is 24.3 Å². The molecule has 2 aromatic rings. The number of hydrogen-bond acceptors (Lipinski definition) is 4. The molecule has 0 unspecified atom stereocenters. The Balaban J connectivity index is 1.68. The van der Waals surface area contributed by atoms with Crippen molar-refractivity contribution >= 4 is 22.6 Å². The van der Waals surface area contributed by atoms with Gasteiger partial charge in [-0.1, -0.05) is 6.92 Å². The first-order valence-corrected chi connectivity index (χ1v) is 8.60. The number of urea groups is 1. The number of H-pyrrole nitrogens is 1. The van der Waals surface area contributed by atoms with Crippen molar-refractivity contribution in [2.45, 2.75) is 25.8 Å². The first kappa shape index (κ1) is 17.3. The predicted octanol–water partition coefficient (Wildman–Crippen LogP) is 2.14. The second-order valence-corrected chi connectivity index (χ2v) is 6.20. The van der Waals surface area contributed by atoms with Crippen LogP contribution in [0.15, 0.2) is 29.2 Å². The molecule has 134 valence electrons. The smallest absolute Gasteiger partial charge is 0.319 e. The van der Waals surface area contributed by atoms with E-state index < -0.39 is 0 Å². The van der Waals surface area contributed by atoms with Crippen molar-refractivity contribution in [2.24, 2.45) is 0 Å². The molecule has 1 aromatic heterocycles. The first-order valence-electron chi connectivity index (χ1n) is 8.60. The number of carbonyl (C=O) groups excluding carboxylic acids is 1. The zero-order valence-electron chi connectivity index (χ0n) is 14.6. The van der Waals surface area contributed by atoms with E-state index >= 15 is 0 Å². The van der Waals surface area contributed by atoms with Gasteiger partial charge in [-0.2, -0.15) is 0 Å². The van der Waals surface area contributed by atoms with Crippen LogP contribution in [0.1, 0.15) is 19.8 Å². The lowest BCUT2D eigenvalue weighted by Crippen LogP contribution is -2.41. The Morgan fingerprint density at radius 2 is 2.28 bits per heavy atom. The van der Waals surface area contributed by atoms with Crippen LogP contribution in [0, 0.1) is 0 Å². The summed E-state index contributed by atoms with van der Waals surface area (Å²) in [6.45, 7) is 4.77. The number of carbonyl (C=O) groups is 1. The highest BCUT2D eigenvalue weighted by Crippen LogP contribution is 2.18. The molecule has 1 aromatic carbocycles. The fourth-order valence-corrected chi connectivity index (χ4v) is 3.34. The summed E-state index contributed by atoms with van der Waals surface area (Å²) in [5.41, 5.74) is 0.678. The van der Waals surface area contributed by atoms with Crippen molar-refractivity contribution < 1.29 is 9.53 Å². The monoisotopic (exact) mass is 344 g/mol. The highest BCUT2D eigenvalue weighted by molar-refractivity contribution is 5.92. The average molecular weight is 344 g/mol. The minimum atomic E-state index is -0.365. The molecular weight excluding hydrogens is 320 g/mol. The van der Waals surface area contributed by atoms with E-state index in [1.165, 1.54) is 6.20 Å². The summed E-state index contributed by atoms with van der Waals surface area (Å²) in [5, 5.41) is 5.99. The zero-order chi connectivity index (χ0) is 17.8. The number of likely N-dealkylation sites (tertiary alicyclic amines) is 1. The van der Waals surface area contributed by atoms with Gasteiger partial charge in [0.2, 0.25) is 5.43 Å². The fraction of sp³-hybridized carbons (Fsp3) is 0.444. The summed E-state index contributed by atoms with van der Waals surface area (Å²) in [7, 11) is 1.55. The van der Waals surface area contributed by atoms with Crippen LogP contribution in [0.4, 0.5) is 10.5 Å². The van der Waals surface area contributed by atoms with E-state index in [0.29, 0.717) is 29.2 Å². The SMILES string of the molecule is CCN1CCC[C@@H]1CNC(=O)Nc1c[nH]c2ccc(OC)cc2c1=O. The molecule has 0 spiro atoms. The van der Waals surface area contributed by atoms with Crippen molar-refractivity contribution in [1.82, 2.24) is 15.2 Å². The van der Waals surface area contributed by atoms with Crippen molar-refractivity contribution in [3.63, 3.8) is 0 Å². The normalized spacial score (nSPS) is 17.6. The summed E-state index contributed by atoms with van der Waals surface area (Å²) in [4.78, 5) is 30.1. The number of aromatic nitrogens is 1. The molecule has 0 aliphatic carbocycles. The highest BCUT2D eigenvalue weighted by Gasteiger charge is 2.23. The van der Waals surface area contributed by atoms with E-state index in [4.69, 9.17) is 4.74 Å². The van der Waals surface area contributed by atoms with Crippen LogP contribution in [0.25, 0.3) is 10.9 Å². The molecular formula is C18H24N4O3. The third-order valence-corrected chi connectivity index (χ3v) is 4.74. The zero-order valence-corrected chi connectivity index (χ0v) is 14.6. The van der Waals surface area contributed by atoms with E-state index in [1.54, 1.807) is 25.3 Å². The second-order valence-electron chi connectivity index (χ2n) is 6.20. The number of methoxy groups -OCH3 is 1. The van der Waals surface area contributed by atoms with Gasteiger partial charge >= 0.3 is 6.03 Å². The van der Waals surface area contributed by atoms with Crippen molar-refractivity contribution in [2.75, 3.05) is 32.1 Å². The van der Waals surface area contributed by atoms with Gasteiger partial charge in [0.05, 0.1) is 12.5 Å². The Bertz CT molecular complexity index is 818. The number of hydrogen-bond donors (Lipinski definition) is 3. The van der Waals surface area contributed by atoms with Crippen LogP contribution in [0.3, 0.4) is 0 Å². The Kier molecular flexibility index (Phi) is 5.23. The summed E-state index contributed by atoms with van der Waals surface area (Å²) < 4.78 is 5.16. The van der Waals surface area contributed by atoms with Crippen LogP contribution in [0.5, 0.6) is 5.75 Å². The lowest BCUT2D eigenvalue weighted by Gasteiger charge is -2.22. The highest BCUT2D eigenvalue weighted by atomic mass is 16.5. The minimum Gasteiger partial charge on any atom is -0.497 e. The number of fused-ring (bicyclic) bond motifs is 1. The maximum absolute atomic E-state index is 12.6. The number of likely N-dealkylation sites (N-methyl/N-ethyl adjacent to an activating group) is 1. The Hall–Kier alpha value is -2.54. The molecule has 3 rings (SSSR count). The molecule has 1 atom stereocenters. The third-order valence-electron chi connectivity index (χ3n) is 4.74. The molecule has 2 amide bonds. The summed E-state index contributed by atoms with van der Waals surface area (Å²) in [6, 6.07) is 5.22. The van der Waals surface area contributed by atoms with E-state index in [1.807, 2.05) is 0 Å². The summed E-state index contributed by atoms with van der Waals surface area (Å²) >= 11 is 0. The van der Waals surface area contributed by atoms with Crippen LogP contribution in [-0.4, -0.2) is 48.7 Å². The van der Waals surface area contributed by atoms with Crippen molar-refractivity contribution in [3.05, 3.63) is 34.6 Å². The molecule has 1 fully saturated rings. The van der Waals surface area contributed by atoms with Crippen LogP contribution >= 0.6 is 0 Å². The van der Waals surface area contributed by atoms with Crippen molar-refractivity contribution in [3.8, 4) is 5.75 Å². The van der Waals surface area contributed by atoms with Gasteiger partial charge in [0.15, 0.2) is 0 Å². The number of pyridine rings is 1. The summed E-state index contributed by atoms with van der Waals surface area (Å²) in [6.07, 6.45) is 3.77. The van der Waals surface area contributed by atoms with Gasteiger partial charge in [-0.15, -0.1) is 0 Å². The number of benzene rings is 1. The van der Waals surface area contributed by atoms with Gasteiger partial charge < -0.3 is 20.4 Å². The predicted molar refractivity (Wildman–Crippen MR) is 98.4 cm³/mol. The first-order chi connectivity index (χ1) is 12.1. The molecule has 7 heteroatoms. The quantitative estimate of drug-likeness (QED) is 0.776. The number of amides is 2. The topological polar surface area (TPSA) is 86.5 Å². The standard InChI is InChI=1S/C18H24N4O3/c1-3-22-8-4-5-12(22)10-20-18(24)21-16-11-19-15-7-6-13(25-2)9-14(15)17(16)23/h6-7,9,11-12H,3-5,8,10H2,1-2H3,(H,19,23)(H2,20,21,24)/t12-/m1/s1. The molecule has 0 saturated carbocycles. The average Bonchev–Trinajstić information content (AvgIpc) is 3.09. The molecule has 1 saturated heterocycles. The molecule has 7 nitrogen and oxygen atoms in total. The summed E-state index contributed by atoms with van der Waals surface area (Å²) in [5.74, 6) is 0.598. The Morgan fingerprint density at radius 1 is 1.44 bits per heavy atom. The van der Waals surface area contributed by atoms with E-state index in [9.17, 15) is 9.59 Å². The second kappa shape index (κ2) is 7.57. The molecule has 3 N–H and O–H groups in total. The number of rotatable bonds is 5. The van der Waals surface area contributed by atoms with Gasteiger partial charge in [-0.3, -0.25) is 9.69 Å². The number of ether oxygens (including phenoxy) is 1. The van der Waals surface area contributed by atoms with Crippen LogP contribution in [-0.2, 0) is 0 Å².